The second-order valence-corrected chi connectivity index (χ2v) is 7.53. The number of likely N-dealkylation sites (tertiary alicyclic amines) is 1. The molecule has 0 aromatic carbocycles. The van der Waals surface area contributed by atoms with Gasteiger partial charge in [0.1, 0.15) is 5.69 Å². The standard InChI is InChI=1S/C22H26N6O/c1-3-10-28-15-18(16(2)26-28)14-27-11-7-17(8-12-27)20-13-21(29)25-22(24-20)19-6-4-5-9-23-19/h3-6,9,13,15,17H,1,7-8,10-12,14H2,2H3,(H,24,25,29). The molecule has 150 valence electrons. The molecule has 1 N–H and O–H groups in total. The van der Waals surface area contributed by atoms with Crippen LogP contribution in [-0.4, -0.2) is 42.7 Å². The molecular weight excluding hydrogens is 364 g/mol. The number of hydrogen-bond donors (Lipinski definition) is 1. The first-order valence-corrected chi connectivity index (χ1v) is 10.0. The minimum Gasteiger partial charge on any atom is -0.305 e. The fourth-order valence-corrected chi connectivity index (χ4v) is 3.88. The summed E-state index contributed by atoms with van der Waals surface area (Å²) in [6, 6.07) is 7.24. The number of piperidine rings is 1. The Morgan fingerprint density at radius 1 is 1.31 bits per heavy atom. The molecule has 1 aliphatic rings. The van der Waals surface area contributed by atoms with E-state index in [-0.39, 0.29) is 5.56 Å². The molecule has 7 heteroatoms. The Bertz CT molecular complexity index is 1030. The maximum atomic E-state index is 12.2. The zero-order chi connectivity index (χ0) is 20.2. The molecule has 0 unspecified atom stereocenters. The van der Waals surface area contributed by atoms with Gasteiger partial charge in [-0.15, -0.1) is 6.58 Å². The highest BCUT2D eigenvalue weighted by Gasteiger charge is 2.23. The average molecular weight is 390 g/mol. The number of H-pyrrole nitrogens is 1. The molecule has 4 rings (SSSR count). The molecule has 4 heterocycles. The van der Waals surface area contributed by atoms with Gasteiger partial charge in [0.15, 0.2) is 5.82 Å². The number of aryl methyl sites for hydroxylation is 1. The molecular formula is C22H26N6O. The Hall–Kier alpha value is -3.06. The molecule has 1 aliphatic heterocycles. The van der Waals surface area contributed by atoms with Crippen molar-refractivity contribution < 1.29 is 0 Å². The summed E-state index contributed by atoms with van der Waals surface area (Å²) in [4.78, 5) is 26.5. The third-order valence-electron chi connectivity index (χ3n) is 5.43. The van der Waals surface area contributed by atoms with E-state index >= 15 is 0 Å². The third-order valence-corrected chi connectivity index (χ3v) is 5.43. The summed E-state index contributed by atoms with van der Waals surface area (Å²) in [5, 5.41) is 4.54. The van der Waals surface area contributed by atoms with Gasteiger partial charge < -0.3 is 4.98 Å². The van der Waals surface area contributed by atoms with E-state index in [1.165, 1.54) is 5.56 Å². The lowest BCUT2D eigenvalue weighted by molar-refractivity contribution is 0.203. The van der Waals surface area contributed by atoms with Crippen LogP contribution in [0.2, 0.25) is 0 Å². The maximum absolute atomic E-state index is 12.2. The van der Waals surface area contributed by atoms with Gasteiger partial charge in [0.2, 0.25) is 0 Å². The van der Waals surface area contributed by atoms with E-state index in [0.717, 1.165) is 50.4 Å². The van der Waals surface area contributed by atoms with Gasteiger partial charge in [-0.3, -0.25) is 19.4 Å². The summed E-state index contributed by atoms with van der Waals surface area (Å²) in [5.74, 6) is 0.835. The minimum atomic E-state index is -0.122. The van der Waals surface area contributed by atoms with Gasteiger partial charge in [0, 0.05) is 36.5 Å². The Balaban J connectivity index is 1.43. The molecule has 0 amide bonds. The molecule has 3 aromatic heterocycles. The molecule has 1 saturated heterocycles. The summed E-state index contributed by atoms with van der Waals surface area (Å²) in [6.45, 7) is 9.42. The topological polar surface area (TPSA) is 79.7 Å². The highest BCUT2D eigenvalue weighted by atomic mass is 16.1. The number of aromatic nitrogens is 5. The van der Waals surface area contributed by atoms with Gasteiger partial charge >= 0.3 is 0 Å². The van der Waals surface area contributed by atoms with Gasteiger partial charge in [0.05, 0.1) is 17.9 Å². The van der Waals surface area contributed by atoms with Crippen LogP contribution in [0.1, 0.15) is 35.7 Å². The van der Waals surface area contributed by atoms with Gasteiger partial charge in [-0.25, -0.2) is 4.98 Å². The largest absolute Gasteiger partial charge is 0.305 e. The molecule has 0 bridgehead atoms. The van der Waals surface area contributed by atoms with Crippen LogP contribution in [-0.2, 0) is 13.1 Å². The van der Waals surface area contributed by atoms with Crippen LogP contribution in [0.5, 0.6) is 0 Å². The molecule has 7 nitrogen and oxygen atoms in total. The van der Waals surface area contributed by atoms with Crippen molar-refractivity contribution in [3.8, 4) is 11.5 Å². The van der Waals surface area contributed by atoms with Crippen LogP contribution >= 0.6 is 0 Å². The molecule has 0 spiro atoms. The summed E-state index contributed by atoms with van der Waals surface area (Å²) in [5.41, 5.74) is 3.77. The predicted octanol–water partition coefficient (Wildman–Crippen LogP) is 2.90. The molecule has 0 aliphatic carbocycles. The zero-order valence-electron chi connectivity index (χ0n) is 16.7. The van der Waals surface area contributed by atoms with Crippen molar-refractivity contribution in [2.24, 2.45) is 0 Å². The molecule has 0 saturated carbocycles. The van der Waals surface area contributed by atoms with Crippen molar-refractivity contribution in [1.82, 2.24) is 29.6 Å². The lowest BCUT2D eigenvalue weighted by atomic mass is 9.93. The maximum Gasteiger partial charge on any atom is 0.251 e. The zero-order valence-corrected chi connectivity index (χ0v) is 16.7. The predicted molar refractivity (Wildman–Crippen MR) is 113 cm³/mol. The van der Waals surface area contributed by atoms with Crippen LogP contribution in [0.15, 0.2) is 54.1 Å². The smallest absolute Gasteiger partial charge is 0.251 e. The lowest BCUT2D eigenvalue weighted by Crippen LogP contribution is -2.33. The summed E-state index contributed by atoms with van der Waals surface area (Å²) >= 11 is 0. The fraction of sp³-hybridized carbons (Fsp3) is 0.364. The van der Waals surface area contributed by atoms with E-state index in [2.05, 4.69) is 39.7 Å². The van der Waals surface area contributed by atoms with E-state index in [9.17, 15) is 4.79 Å². The highest BCUT2D eigenvalue weighted by molar-refractivity contribution is 5.48. The van der Waals surface area contributed by atoms with E-state index in [4.69, 9.17) is 4.98 Å². The van der Waals surface area contributed by atoms with Crippen molar-refractivity contribution in [3.05, 3.63) is 76.6 Å². The molecule has 0 atom stereocenters. The Morgan fingerprint density at radius 3 is 2.86 bits per heavy atom. The van der Waals surface area contributed by atoms with Crippen LogP contribution in [0.3, 0.4) is 0 Å². The first kappa shape index (κ1) is 19.3. The van der Waals surface area contributed by atoms with Gasteiger partial charge in [0.25, 0.3) is 5.56 Å². The quantitative estimate of drug-likeness (QED) is 0.655. The van der Waals surface area contributed by atoms with Crippen LogP contribution in [0.25, 0.3) is 11.5 Å². The first-order chi connectivity index (χ1) is 14.1. The van der Waals surface area contributed by atoms with Crippen molar-refractivity contribution in [3.63, 3.8) is 0 Å². The number of aromatic amines is 1. The minimum absolute atomic E-state index is 0.122. The van der Waals surface area contributed by atoms with E-state index < -0.39 is 0 Å². The summed E-state index contributed by atoms with van der Waals surface area (Å²) in [6.07, 6.45) is 7.64. The molecule has 3 aromatic rings. The Morgan fingerprint density at radius 2 is 2.14 bits per heavy atom. The normalized spacial score (nSPS) is 15.5. The average Bonchev–Trinajstić information content (AvgIpc) is 3.08. The number of nitrogens with zero attached hydrogens (tertiary/aromatic N) is 5. The van der Waals surface area contributed by atoms with Gasteiger partial charge in [-0.1, -0.05) is 12.1 Å². The number of hydrogen-bond acceptors (Lipinski definition) is 5. The van der Waals surface area contributed by atoms with Crippen molar-refractivity contribution in [2.75, 3.05) is 13.1 Å². The Labute approximate surface area is 170 Å². The highest BCUT2D eigenvalue weighted by Crippen LogP contribution is 2.28. The second kappa shape index (κ2) is 8.53. The van der Waals surface area contributed by atoms with Gasteiger partial charge in [-0.2, -0.15) is 5.10 Å². The lowest BCUT2D eigenvalue weighted by Gasteiger charge is -2.31. The van der Waals surface area contributed by atoms with E-state index in [1.807, 2.05) is 29.0 Å². The number of nitrogens with one attached hydrogen (secondary N) is 1. The van der Waals surface area contributed by atoms with E-state index in [1.54, 1.807) is 12.3 Å². The monoisotopic (exact) mass is 390 g/mol. The number of allylic oxidation sites excluding steroid dienone is 1. The van der Waals surface area contributed by atoms with E-state index in [0.29, 0.717) is 17.4 Å². The number of rotatable bonds is 6. The molecule has 29 heavy (non-hydrogen) atoms. The third kappa shape index (κ3) is 4.51. The second-order valence-electron chi connectivity index (χ2n) is 7.53. The van der Waals surface area contributed by atoms with Crippen LogP contribution in [0, 0.1) is 6.92 Å². The first-order valence-electron chi connectivity index (χ1n) is 10.0. The molecule has 1 fully saturated rings. The van der Waals surface area contributed by atoms with Crippen LogP contribution < -0.4 is 5.56 Å². The number of pyridine rings is 1. The van der Waals surface area contributed by atoms with Crippen LogP contribution in [0.4, 0.5) is 0 Å². The fourth-order valence-electron chi connectivity index (χ4n) is 3.88. The molecule has 0 radical (unpaired) electrons. The van der Waals surface area contributed by atoms with Gasteiger partial charge in [-0.05, 0) is 45.0 Å². The summed E-state index contributed by atoms with van der Waals surface area (Å²) in [7, 11) is 0. The van der Waals surface area contributed by atoms with Crippen molar-refractivity contribution in [1.29, 1.82) is 0 Å². The Kier molecular flexibility index (Phi) is 5.67. The van der Waals surface area contributed by atoms with Crippen molar-refractivity contribution in [2.45, 2.75) is 38.8 Å². The SMILES string of the molecule is C=CCn1cc(CN2CCC(c3cc(=O)[nH]c(-c4ccccn4)n3)CC2)c(C)n1. The van der Waals surface area contributed by atoms with Crippen molar-refractivity contribution >= 4 is 0 Å². The summed E-state index contributed by atoms with van der Waals surface area (Å²) < 4.78 is 1.93.